The van der Waals surface area contributed by atoms with Gasteiger partial charge in [-0.3, -0.25) is 9.79 Å². The second-order valence-corrected chi connectivity index (χ2v) is 5.24. The van der Waals surface area contributed by atoms with Gasteiger partial charge in [0.1, 0.15) is 11.5 Å². The number of benzene rings is 1. The molecule has 0 saturated carbocycles. The summed E-state index contributed by atoms with van der Waals surface area (Å²) >= 11 is 0. The standard InChI is InChI=1S/C17H25F2N3O4/c1-20-17(21-9-5-4-6-15(23)25-3)22-11-12-10-13(24-2)7-8-14(12)26-16(18)19/h7-8,10,16H,4-6,9,11H2,1-3H3,(H2,20,21,22). The molecule has 1 aromatic rings. The molecule has 0 saturated heterocycles. The van der Waals surface area contributed by atoms with Crippen LogP contribution < -0.4 is 20.1 Å². The monoisotopic (exact) mass is 373 g/mol. The Hall–Kier alpha value is -2.58. The number of alkyl halides is 2. The third-order valence-corrected chi connectivity index (χ3v) is 3.48. The van der Waals surface area contributed by atoms with Crippen LogP contribution in [0.3, 0.4) is 0 Å². The summed E-state index contributed by atoms with van der Waals surface area (Å²) in [6.45, 7) is -2.08. The Labute approximate surface area is 151 Å². The number of guanidine groups is 1. The molecule has 0 fully saturated rings. The first-order chi connectivity index (χ1) is 12.5. The number of aliphatic imine (C=N–C) groups is 1. The van der Waals surface area contributed by atoms with E-state index in [9.17, 15) is 13.6 Å². The first-order valence-electron chi connectivity index (χ1n) is 8.13. The van der Waals surface area contributed by atoms with Gasteiger partial charge in [-0.1, -0.05) is 0 Å². The third kappa shape index (κ3) is 8.00. The summed E-state index contributed by atoms with van der Waals surface area (Å²) in [6.07, 6.45) is 1.82. The van der Waals surface area contributed by atoms with Gasteiger partial charge in [0.2, 0.25) is 0 Å². The molecule has 0 radical (unpaired) electrons. The summed E-state index contributed by atoms with van der Waals surface area (Å²) < 4.78 is 39.3. The number of nitrogens with one attached hydrogen (secondary N) is 2. The molecule has 9 heteroatoms. The number of carbonyl (C=O) groups is 1. The number of carbonyl (C=O) groups excluding carboxylic acids is 1. The zero-order valence-electron chi connectivity index (χ0n) is 15.2. The molecule has 7 nitrogen and oxygen atoms in total. The largest absolute Gasteiger partial charge is 0.497 e. The van der Waals surface area contributed by atoms with E-state index in [4.69, 9.17) is 4.74 Å². The maximum absolute atomic E-state index is 12.5. The van der Waals surface area contributed by atoms with Gasteiger partial charge in [-0.2, -0.15) is 8.78 Å². The van der Waals surface area contributed by atoms with Crippen LogP contribution in [0.15, 0.2) is 23.2 Å². The van der Waals surface area contributed by atoms with E-state index in [2.05, 4.69) is 25.1 Å². The summed E-state index contributed by atoms with van der Waals surface area (Å²) in [6, 6.07) is 4.61. The zero-order valence-corrected chi connectivity index (χ0v) is 15.2. The van der Waals surface area contributed by atoms with E-state index in [1.54, 1.807) is 19.2 Å². The SMILES string of the molecule is CN=C(NCCCCC(=O)OC)NCc1cc(OC)ccc1OC(F)F. The average molecular weight is 373 g/mol. The highest BCUT2D eigenvalue weighted by molar-refractivity contribution is 5.79. The van der Waals surface area contributed by atoms with E-state index in [-0.39, 0.29) is 18.3 Å². The Kier molecular flexibility index (Phi) is 9.81. The Balaban J connectivity index is 2.53. The van der Waals surface area contributed by atoms with Crippen LogP contribution in [0.4, 0.5) is 8.78 Å². The van der Waals surface area contributed by atoms with Gasteiger partial charge in [-0.05, 0) is 31.0 Å². The molecule has 146 valence electrons. The van der Waals surface area contributed by atoms with Gasteiger partial charge in [0.15, 0.2) is 5.96 Å². The molecule has 0 bridgehead atoms. The predicted octanol–water partition coefficient (Wildman–Crippen LogP) is 2.30. The van der Waals surface area contributed by atoms with Crippen molar-refractivity contribution in [1.29, 1.82) is 0 Å². The quantitative estimate of drug-likeness (QED) is 0.284. The highest BCUT2D eigenvalue weighted by Gasteiger charge is 2.11. The van der Waals surface area contributed by atoms with E-state index < -0.39 is 6.61 Å². The predicted molar refractivity (Wildman–Crippen MR) is 93.7 cm³/mol. The smallest absolute Gasteiger partial charge is 0.387 e. The maximum atomic E-state index is 12.5. The maximum Gasteiger partial charge on any atom is 0.387 e. The molecule has 0 aromatic heterocycles. The molecule has 0 aliphatic carbocycles. The summed E-state index contributed by atoms with van der Waals surface area (Å²) in [5.74, 6) is 0.877. The highest BCUT2D eigenvalue weighted by Crippen LogP contribution is 2.25. The van der Waals surface area contributed by atoms with Crippen molar-refractivity contribution < 1.29 is 27.8 Å². The average Bonchev–Trinajstić information content (AvgIpc) is 2.64. The number of methoxy groups -OCH3 is 2. The van der Waals surface area contributed by atoms with Gasteiger partial charge in [0.05, 0.1) is 14.2 Å². The summed E-state index contributed by atoms with van der Waals surface area (Å²) in [5, 5.41) is 6.12. The van der Waals surface area contributed by atoms with Gasteiger partial charge in [0.25, 0.3) is 0 Å². The fourth-order valence-electron chi connectivity index (χ4n) is 2.13. The molecular formula is C17H25F2N3O4. The minimum absolute atomic E-state index is 0.0711. The number of hydrogen-bond acceptors (Lipinski definition) is 5. The normalized spacial score (nSPS) is 11.2. The van der Waals surface area contributed by atoms with Gasteiger partial charge < -0.3 is 24.8 Å². The summed E-state index contributed by atoms with van der Waals surface area (Å²) in [7, 11) is 4.46. The van der Waals surface area contributed by atoms with Crippen LogP contribution in [0.1, 0.15) is 24.8 Å². The van der Waals surface area contributed by atoms with Crippen molar-refractivity contribution in [2.45, 2.75) is 32.4 Å². The van der Waals surface area contributed by atoms with Crippen LogP contribution in [-0.4, -0.2) is 46.4 Å². The Bertz CT molecular complexity index is 597. The summed E-state index contributed by atoms with van der Waals surface area (Å²) in [4.78, 5) is 15.1. The van der Waals surface area contributed by atoms with Crippen molar-refractivity contribution in [3.63, 3.8) is 0 Å². The van der Waals surface area contributed by atoms with Crippen LogP contribution in [0.5, 0.6) is 11.5 Å². The molecule has 0 aliphatic heterocycles. The Morgan fingerprint density at radius 1 is 1.23 bits per heavy atom. The van der Waals surface area contributed by atoms with Crippen molar-refractivity contribution in [1.82, 2.24) is 10.6 Å². The van der Waals surface area contributed by atoms with Crippen molar-refractivity contribution in [3.05, 3.63) is 23.8 Å². The van der Waals surface area contributed by atoms with Crippen molar-refractivity contribution >= 4 is 11.9 Å². The lowest BCUT2D eigenvalue weighted by atomic mass is 10.2. The van der Waals surface area contributed by atoms with E-state index in [1.807, 2.05) is 0 Å². The second kappa shape index (κ2) is 11.9. The molecule has 0 amide bonds. The lowest BCUT2D eigenvalue weighted by Crippen LogP contribution is -2.37. The molecule has 0 spiro atoms. The van der Waals surface area contributed by atoms with Crippen LogP contribution in [0, 0.1) is 0 Å². The second-order valence-electron chi connectivity index (χ2n) is 5.24. The van der Waals surface area contributed by atoms with Crippen LogP contribution in [-0.2, 0) is 16.1 Å². The molecule has 0 atom stereocenters. The van der Waals surface area contributed by atoms with Gasteiger partial charge >= 0.3 is 12.6 Å². The fourth-order valence-corrected chi connectivity index (χ4v) is 2.13. The molecule has 1 aromatic carbocycles. The number of hydrogen-bond donors (Lipinski definition) is 2. The zero-order chi connectivity index (χ0) is 19.4. The lowest BCUT2D eigenvalue weighted by Gasteiger charge is -2.15. The molecular weight excluding hydrogens is 348 g/mol. The Morgan fingerprint density at radius 2 is 2.00 bits per heavy atom. The number of nitrogens with zero attached hydrogens (tertiary/aromatic N) is 1. The fraction of sp³-hybridized carbons (Fsp3) is 0.529. The first kappa shape index (κ1) is 21.5. The first-order valence-corrected chi connectivity index (χ1v) is 8.13. The minimum atomic E-state index is -2.91. The Morgan fingerprint density at radius 3 is 2.62 bits per heavy atom. The van der Waals surface area contributed by atoms with E-state index in [1.165, 1.54) is 20.3 Å². The lowest BCUT2D eigenvalue weighted by molar-refractivity contribution is -0.140. The van der Waals surface area contributed by atoms with Crippen molar-refractivity contribution in [2.75, 3.05) is 27.8 Å². The topological polar surface area (TPSA) is 81.2 Å². The van der Waals surface area contributed by atoms with Crippen LogP contribution >= 0.6 is 0 Å². The number of unbranched alkanes of at least 4 members (excludes halogenated alkanes) is 1. The third-order valence-electron chi connectivity index (χ3n) is 3.48. The number of halogens is 2. The molecule has 2 N–H and O–H groups in total. The number of esters is 1. The van der Waals surface area contributed by atoms with E-state index >= 15 is 0 Å². The van der Waals surface area contributed by atoms with Gasteiger partial charge in [-0.15, -0.1) is 0 Å². The molecule has 0 unspecified atom stereocenters. The molecule has 0 heterocycles. The van der Waals surface area contributed by atoms with Crippen molar-refractivity contribution in [2.24, 2.45) is 4.99 Å². The number of rotatable bonds is 10. The van der Waals surface area contributed by atoms with Crippen LogP contribution in [0.2, 0.25) is 0 Å². The van der Waals surface area contributed by atoms with Gasteiger partial charge in [-0.25, -0.2) is 0 Å². The molecule has 0 aliphatic rings. The van der Waals surface area contributed by atoms with E-state index in [0.717, 1.165) is 6.42 Å². The van der Waals surface area contributed by atoms with E-state index in [0.29, 0.717) is 36.7 Å². The number of ether oxygens (including phenoxy) is 3. The highest BCUT2D eigenvalue weighted by atomic mass is 19.3. The summed E-state index contributed by atoms with van der Waals surface area (Å²) in [5.41, 5.74) is 0.512. The molecule has 26 heavy (non-hydrogen) atoms. The minimum Gasteiger partial charge on any atom is -0.497 e. The van der Waals surface area contributed by atoms with Gasteiger partial charge in [0, 0.05) is 32.1 Å². The molecule has 1 rings (SSSR count). The van der Waals surface area contributed by atoms with Crippen molar-refractivity contribution in [3.8, 4) is 11.5 Å². The van der Waals surface area contributed by atoms with Crippen LogP contribution in [0.25, 0.3) is 0 Å².